The minimum Gasteiger partial charge on any atom is -0.508 e. The maximum absolute atomic E-state index is 12.9. The van der Waals surface area contributed by atoms with E-state index in [1.54, 1.807) is 24.3 Å². The van der Waals surface area contributed by atoms with Crippen LogP contribution in [0.5, 0.6) is 5.75 Å². The molecule has 1 aliphatic rings. The van der Waals surface area contributed by atoms with Gasteiger partial charge in [-0.15, -0.1) is 0 Å². The highest BCUT2D eigenvalue weighted by molar-refractivity contribution is 7.82. The molecule has 1 aliphatic heterocycles. The molecule has 1 N–H and O–H groups in total. The fourth-order valence-electron chi connectivity index (χ4n) is 3.03. The van der Waals surface area contributed by atoms with Crippen LogP contribution in [-0.4, -0.2) is 25.7 Å². The van der Waals surface area contributed by atoms with Crippen LogP contribution >= 0.6 is 0 Å². The van der Waals surface area contributed by atoms with Crippen molar-refractivity contribution in [2.24, 2.45) is 11.8 Å². The molecule has 3 unspecified atom stereocenters. The lowest BCUT2D eigenvalue weighted by Crippen LogP contribution is -2.37. The van der Waals surface area contributed by atoms with Gasteiger partial charge in [0, 0.05) is 12.1 Å². The average Bonchev–Trinajstić information content (AvgIpc) is 2.64. The van der Waals surface area contributed by atoms with Crippen LogP contribution in [0.3, 0.4) is 0 Å². The number of hydrogen-bond donors (Lipinski definition) is 1. The Morgan fingerprint density at radius 3 is 2.45 bits per heavy atom. The molecule has 0 bridgehead atoms. The molecular weight excluding hydrogens is 270 g/mol. The summed E-state index contributed by atoms with van der Waals surface area (Å²) >= 11 is 0. The summed E-state index contributed by atoms with van der Waals surface area (Å²) in [4.78, 5) is 0.775. The lowest BCUT2D eigenvalue weighted by atomic mass is 9.98. The minimum atomic E-state index is -1.14. The third-order valence-electron chi connectivity index (χ3n) is 4.20. The van der Waals surface area contributed by atoms with Crippen molar-refractivity contribution in [3.05, 3.63) is 24.3 Å². The molecule has 1 aromatic rings. The van der Waals surface area contributed by atoms with Gasteiger partial charge in [0.05, 0.1) is 4.90 Å². The van der Waals surface area contributed by atoms with Crippen LogP contribution < -0.4 is 0 Å². The third-order valence-corrected chi connectivity index (χ3v) is 5.89. The van der Waals surface area contributed by atoms with Crippen LogP contribution in [0.15, 0.2) is 29.2 Å². The van der Waals surface area contributed by atoms with Gasteiger partial charge in [0.2, 0.25) is 0 Å². The molecule has 4 atom stereocenters. The summed E-state index contributed by atoms with van der Waals surface area (Å²) in [6.45, 7) is 8.85. The van der Waals surface area contributed by atoms with E-state index in [9.17, 15) is 9.32 Å². The highest BCUT2D eigenvalue weighted by atomic mass is 32.2. The molecule has 0 aromatic heterocycles. The van der Waals surface area contributed by atoms with Gasteiger partial charge in [-0.05, 0) is 55.9 Å². The number of nitrogens with zero attached hydrogens (tertiary/aromatic N) is 1. The van der Waals surface area contributed by atoms with E-state index in [1.165, 1.54) is 0 Å². The van der Waals surface area contributed by atoms with Crippen molar-refractivity contribution in [1.82, 2.24) is 4.31 Å². The van der Waals surface area contributed by atoms with E-state index >= 15 is 0 Å². The Kier molecular flexibility index (Phi) is 4.86. The number of benzene rings is 1. The first-order valence-electron chi connectivity index (χ1n) is 7.39. The van der Waals surface area contributed by atoms with E-state index in [1.807, 2.05) is 0 Å². The van der Waals surface area contributed by atoms with E-state index < -0.39 is 11.0 Å². The first-order valence-corrected chi connectivity index (χ1v) is 8.50. The molecule has 2 rings (SSSR count). The van der Waals surface area contributed by atoms with Crippen LogP contribution in [0.4, 0.5) is 0 Å². The van der Waals surface area contributed by atoms with Crippen molar-refractivity contribution in [2.45, 2.75) is 57.5 Å². The topological polar surface area (TPSA) is 40.5 Å². The van der Waals surface area contributed by atoms with Crippen molar-refractivity contribution >= 4 is 11.0 Å². The molecule has 20 heavy (non-hydrogen) atoms. The molecule has 1 aromatic carbocycles. The average molecular weight is 295 g/mol. The Morgan fingerprint density at radius 1 is 1.30 bits per heavy atom. The van der Waals surface area contributed by atoms with E-state index in [0.717, 1.165) is 17.7 Å². The molecule has 3 nitrogen and oxygen atoms in total. The zero-order valence-electron chi connectivity index (χ0n) is 12.7. The summed E-state index contributed by atoms with van der Waals surface area (Å²) in [5.74, 6) is 1.39. The maximum atomic E-state index is 12.9. The lowest BCUT2D eigenvalue weighted by Gasteiger charge is -2.28. The van der Waals surface area contributed by atoms with Gasteiger partial charge in [0.25, 0.3) is 0 Å². The largest absolute Gasteiger partial charge is 0.508 e. The number of hydrogen-bond acceptors (Lipinski definition) is 2. The Morgan fingerprint density at radius 2 is 1.90 bits per heavy atom. The molecule has 1 heterocycles. The number of phenolic OH excluding ortho intramolecular Hbond substituents is 1. The smallest absolute Gasteiger partial charge is 0.128 e. The normalized spacial score (nSPS) is 28.9. The molecule has 0 amide bonds. The highest BCUT2D eigenvalue weighted by Gasteiger charge is 2.39. The van der Waals surface area contributed by atoms with E-state index in [-0.39, 0.29) is 5.75 Å². The van der Waals surface area contributed by atoms with Crippen LogP contribution in [-0.2, 0) is 11.0 Å². The number of rotatable bonds is 4. The van der Waals surface area contributed by atoms with Gasteiger partial charge in [0.1, 0.15) is 16.7 Å². The van der Waals surface area contributed by atoms with Crippen LogP contribution in [0, 0.1) is 11.8 Å². The Balaban J connectivity index is 2.22. The predicted octanol–water partition coefficient (Wildman–Crippen LogP) is 3.56. The monoisotopic (exact) mass is 295 g/mol. The summed E-state index contributed by atoms with van der Waals surface area (Å²) in [5, 5.41) is 9.36. The quantitative estimate of drug-likeness (QED) is 0.922. The van der Waals surface area contributed by atoms with Gasteiger partial charge in [-0.2, -0.15) is 0 Å². The second-order valence-electron chi connectivity index (χ2n) is 6.34. The van der Waals surface area contributed by atoms with Gasteiger partial charge in [-0.25, -0.2) is 8.51 Å². The second-order valence-corrected chi connectivity index (χ2v) is 7.73. The van der Waals surface area contributed by atoms with Crippen molar-refractivity contribution in [2.75, 3.05) is 0 Å². The molecule has 0 spiro atoms. The van der Waals surface area contributed by atoms with Gasteiger partial charge in [-0.1, -0.05) is 20.8 Å². The van der Waals surface area contributed by atoms with Crippen LogP contribution in [0.1, 0.15) is 40.5 Å². The minimum absolute atomic E-state index is 0.215. The van der Waals surface area contributed by atoms with Gasteiger partial charge in [0.15, 0.2) is 0 Å². The Labute approximate surface area is 124 Å². The molecular formula is C16H25NO2S. The number of aromatic hydroxyl groups is 1. The highest BCUT2D eigenvalue weighted by Crippen LogP contribution is 2.35. The van der Waals surface area contributed by atoms with Gasteiger partial charge < -0.3 is 5.11 Å². The zero-order chi connectivity index (χ0) is 14.9. The van der Waals surface area contributed by atoms with Crippen LogP contribution in [0.2, 0.25) is 0 Å². The first kappa shape index (κ1) is 15.5. The fraction of sp³-hybridized carbons (Fsp3) is 0.625. The van der Waals surface area contributed by atoms with Crippen LogP contribution in [0.25, 0.3) is 0 Å². The molecule has 0 radical (unpaired) electrons. The molecule has 0 saturated carbocycles. The molecule has 1 saturated heterocycles. The standard InChI is InChI=1S/C16H25NO2S/c1-11(2)9-14-10-12(3)13(4)17(14)20(19)16-7-5-15(18)6-8-16/h5-8,11-14,18H,9-10H2,1-4H3/t12?,13?,14-,20?/m0/s1. The summed E-state index contributed by atoms with van der Waals surface area (Å²) in [7, 11) is -1.14. The SMILES string of the molecule is CC(C)C[C@H]1CC(C)C(C)N1S(=O)c1ccc(O)cc1. The lowest BCUT2D eigenvalue weighted by molar-refractivity contribution is 0.308. The Hall–Kier alpha value is -0.870. The van der Waals surface area contributed by atoms with Crippen molar-refractivity contribution in [1.29, 1.82) is 0 Å². The molecule has 112 valence electrons. The van der Waals surface area contributed by atoms with E-state index in [0.29, 0.717) is 23.9 Å². The molecule has 0 aliphatic carbocycles. The summed E-state index contributed by atoms with van der Waals surface area (Å²) in [6, 6.07) is 7.44. The van der Waals surface area contributed by atoms with Crippen molar-refractivity contribution in [3.8, 4) is 5.75 Å². The summed E-state index contributed by atoms with van der Waals surface area (Å²) in [6.07, 6.45) is 2.20. The zero-order valence-corrected chi connectivity index (χ0v) is 13.6. The summed E-state index contributed by atoms with van der Waals surface area (Å²) in [5.41, 5.74) is 0. The first-order chi connectivity index (χ1) is 9.40. The van der Waals surface area contributed by atoms with E-state index in [4.69, 9.17) is 0 Å². The Bertz CT molecular complexity index is 470. The van der Waals surface area contributed by atoms with Crippen molar-refractivity contribution < 1.29 is 9.32 Å². The van der Waals surface area contributed by atoms with E-state index in [2.05, 4.69) is 32.0 Å². The van der Waals surface area contributed by atoms with Gasteiger partial charge in [-0.3, -0.25) is 0 Å². The summed E-state index contributed by atoms with van der Waals surface area (Å²) < 4.78 is 15.0. The molecule has 4 heteroatoms. The maximum Gasteiger partial charge on any atom is 0.128 e. The fourth-order valence-corrected chi connectivity index (χ4v) is 4.59. The van der Waals surface area contributed by atoms with Crippen molar-refractivity contribution in [3.63, 3.8) is 0 Å². The number of phenols is 1. The van der Waals surface area contributed by atoms with Gasteiger partial charge >= 0.3 is 0 Å². The second kappa shape index (κ2) is 6.27. The third kappa shape index (κ3) is 3.23. The predicted molar refractivity (Wildman–Crippen MR) is 82.8 cm³/mol. The molecule has 1 fully saturated rings.